The monoisotopic (exact) mass is 971 g/mol. The number of rotatable bonds is 14. The third kappa shape index (κ3) is 10.2. The number of aromatic nitrogens is 4. The molecule has 16 nitrogen and oxygen atoms in total. The SMILES string of the molecule is Cc1ncsc1-c1ccc([C@H](C)NC(=O)[C@@H]2C[C@@H](O)CN2C(=O)[C@@H](NC(=O)COc2ccc(Nc3ccc(C4=N[C@@H](C(C)C(=O)O)c5nnc(C)n5-c5sc(C)c(C)c54)cc3)cc2)C(C)(C)C)cc1. The normalized spacial score (nSPS) is 18.0. The number of aliphatic hydroxyl groups excluding tert-OH is 1. The van der Waals surface area contributed by atoms with Gasteiger partial charge in [-0.1, -0.05) is 57.2 Å². The van der Waals surface area contributed by atoms with Gasteiger partial charge in [-0.2, -0.15) is 0 Å². The van der Waals surface area contributed by atoms with Gasteiger partial charge >= 0.3 is 5.97 Å². The predicted octanol–water partition coefficient (Wildman–Crippen LogP) is 7.79. The van der Waals surface area contributed by atoms with Crippen molar-refractivity contribution < 1.29 is 34.1 Å². The van der Waals surface area contributed by atoms with Crippen molar-refractivity contribution in [3.63, 3.8) is 0 Å². The number of aryl methyl sites for hydroxylation is 3. The summed E-state index contributed by atoms with van der Waals surface area (Å²) in [6.45, 7) is 16.5. The highest BCUT2D eigenvalue weighted by Crippen LogP contribution is 2.41. The lowest BCUT2D eigenvalue weighted by Crippen LogP contribution is -2.58. The van der Waals surface area contributed by atoms with Crippen molar-refractivity contribution in [2.45, 2.75) is 99.0 Å². The molecule has 2 aliphatic rings. The quantitative estimate of drug-likeness (QED) is 0.0711. The molecule has 2 aliphatic heterocycles. The highest BCUT2D eigenvalue weighted by Gasteiger charge is 2.45. The first-order chi connectivity index (χ1) is 32.8. The van der Waals surface area contributed by atoms with Crippen molar-refractivity contribution in [2.24, 2.45) is 16.3 Å². The molecule has 69 heavy (non-hydrogen) atoms. The van der Waals surface area contributed by atoms with E-state index in [1.54, 1.807) is 41.7 Å². The zero-order valence-electron chi connectivity index (χ0n) is 40.0. The van der Waals surface area contributed by atoms with Gasteiger partial charge < -0.3 is 35.8 Å². The van der Waals surface area contributed by atoms with E-state index in [0.717, 1.165) is 59.6 Å². The van der Waals surface area contributed by atoms with Crippen molar-refractivity contribution in [2.75, 3.05) is 18.5 Å². The van der Waals surface area contributed by atoms with Crippen molar-refractivity contribution in [3.8, 4) is 21.2 Å². The summed E-state index contributed by atoms with van der Waals surface area (Å²) in [5, 5.41) is 39.6. The number of fused-ring (bicyclic) bond motifs is 3. The Morgan fingerprint density at radius 1 is 0.884 bits per heavy atom. The number of carboxylic acids is 1. The fourth-order valence-electron chi connectivity index (χ4n) is 8.70. The molecule has 6 atom stereocenters. The predicted molar refractivity (Wildman–Crippen MR) is 267 cm³/mol. The Morgan fingerprint density at radius 2 is 1.54 bits per heavy atom. The van der Waals surface area contributed by atoms with Gasteiger partial charge in [-0.05, 0) is 100 Å². The molecule has 5 heterocycles. The van der Waals surface area contributed by atoms with E-state index in [4.69, 9.17) is 9.73 Å². The molecule has 1 saturated heterocycles. The number of nitrogens with zero attached hydrogens (tertiary/aromatic N) is 6. The molecule has 0 spiro atoms. The summed E-state index contributed by atoms with van der Waals surface area (Å²) in [7, 11) is 0. The van der Waals surface area contributed by atoms with Gasteiger partial charge in [0.2, 0.25) is 11.8 Å². The van der Waals surface area contributed by atoms with Crippen molar-refractivity contribution >= 4 is 63.5 Å². The number of carbonyl (C=O) groups excluding carboxylic acids is 3. The highest BCUT2D eigenvalue weighted by atomic mass is 32.1. The molecule has 0 bridgehead atoms. The Bertz CT molecular complexity index is 2920. The second kappa shape index (κ2) is 19.7. The maximum Gasteiger partial charge on any atom is 0.308 e. The van der Waals surface area contributed by atoms with Gasteiger partial charge in [-0.3, -0.25) is 28.7 Å². The summed E-state index contributed by atoms with van der Waals surface area (Å²) in [5.41, 5.74) is 9.03. The minimum absolute atomic E-state index is 0.0398. The Labute approximate surface area is 408 Å². The van der Waals surface area contributed by atoms with Gasteiger partial charge in [-0.15, -0.1) is 32.9 Å². The average Bonchev–Trinajstić information content (AvgIpc) is 4.08. The van der Waals surface area contributed by atoms with E-state index < -0.39 is 53.3 Å². The fraction of sp³-hybridized carbons (Fsp3) is 0.373. The number of thiazole rings is 1. The number of aliphatic hydroxyl groups is 1. The first-order valence-corrected chi connectivity index (χ1v) is 24.5. The van der Waals surface area contributed by atoms with E-state index in [1.807, 2.05) is 112 Å². The Hall–Kier alpha value is -6.76. The number of hydrogen-bond acceptors (Lipinski definition) is 13. The molecule has 0 saturated carbocycles. The number of thiophene rings is 1. The zero-order valence-corrected chi connectivity index (χ0v) is 41.7. The van der Waals surface area contributed by atoms with E-state index >= 15 is 0 Å². The van der Waals surface area contributed by atoms with Gasteiger partial charge in [0.05, 0.1) is 39.9 Å². The van der Waals surface area contributed by atoms with Crippen LogP contribution in [0, 0.1) is 39.0 Å². The largest absolute Gasteiger partial charge is 0.484 e. The molecule has 8 rings (SSSR count). The van der Waals surface area contributed by atoms with Crippen LogP contribution in [-0.2, 0) is 19.2 Å². The third-order valence-electron chi connectivity index (χ3n) is 12.8. The second-order valence-corrected chi connectivity index (χ2v) is 20.9. The maximum atomic E-state index is 14.2. The number of hydrogen-bond donors (Lipinski definition) is 5. The van der Waals surface area contributed by atoms with Crippen molar-refractivity contribution in [1.82, 2.24) is 35.3 Å². The number of amides is 3. The molecular formula is C51H57N9O7S2. The smallest absolute Gasteiger partial charge is 0.308 e. The van der Waals surface area contributed by atoms with E-state index in [1.165, 1.54) is 4.90 Å². The second-order valence-electron chi connectivity index (χ2n) is 18.9. The van der Waals surface area contributed by atoms with Gasteiger partial charge in [0.15, 0.2) is 12.4 Å². The van der Waals surface area contributed by atoms with Crippen LogP contribution in [0.2, 0.25) is 0 Å². The van der Waals surface area contributed by atoms with Crippen molar-refractivity contribution in [1.29, 1.82) is 0 Å². The van der Waals surface area contributed by atoms with Crippen LogP contribution in [0.5, 0.6) is 5.75 Å². The van der Waals surface area contributed by atoms with Crippen LogP contribution >= 0.6 is 22.7 Å². The lowest BCUT2D eigenvalue weighted by atomic mass is 9.85. The zero-order chi connectivity index (χ0) is 49.5. The van der Waals surface area contributed by atoms with Crippen LogP contribution in [-0.4, -0.2) is 95.6 Å². The molecular weight excluding hydrogens is 915 g/mol. The van der Waals surface area contributed by atoms with Gasteiger partial charge in [0.1, 0.15) is 34.7 Å². The van der Waals surface area contributed by atoms with E-state index in [9.17, 15) is 29.4 Å². The molecule has 18 heteroatoms. The minimum Gasteiger partial charge on any atom is -0.484 e. The van der Waals surface area contributed by atoms with Crippen LogP contribution in [0.1, 0.15) is 97.6 Å². The molecule has 0 radical (unpaired) electrons. The number of nitrogens with one attached hydrogen (secondary N) is 3. The minimum atomic E-state index is -1.01. The number of anilines is 2. The number of aliphatic imine (C=N–C) groups is 1. The van der Waals surface area contributed by atoms with E-state index in [-0.39, 0.29) is 31.5 Å². The molecule has 1 fully saturated rings. The number of ether oxygens (including phenoxy) is 1. The van der Waals surface area contributed by atoms with E-state index in [0.29, 0.717) is 23.1 Å². The Morgan fingerprint density at radius 3 is 2.16 bits per heavy atom. The van der Waals surface area contributed by atoms with Gasteiger partial charge in [-0.25, -0.2) is 4.98 Å². The molecule has 6 aromatic rings. The summed E-state index contributed by atoms with van der Waals surface area (Å²) >= 11 is 3.18. The molecule has 0 aliphatic carbocycles. The van der Waals surface area contributed by atoms with E-state index in [2.05, 4.69) is 45.0 Å². The Kier molecular flexibility index (Phi) is 13.9. The molecule has 3 aromatic carbocycles. The summed E-state index contributed by atoms with van der Waals surface area (Å²) in [6.07, 6.45) is -0.826. The molecule has 360 valence electrons. The standard InChI is InChI=1S/C51H57N9O7S2/c1-26-30(5)69-49-41(26)43(56-42(27(2)50(65)66)46-58-57-31(6)60(46)49)33-14-16-35(17-15-33)54-36-18-20-38(21-19-36)67-24-40(62)55-45(51(7,8)9)48(64)59-23-37(61)22-39(59)47(63)53-28(3)32-10-12-34(13-11-32)44-29(4)52-25-68-44/h10-21,25,27-28,37,39,42,45,54,61H,22-24H2,1-9H3,(H,53,63)(H,55,62)(H,65,66)/t27?,28-,37+,39-,42-,45+/m0/s1. The third-order valence-corrected chi connectivity index (χ3v) is 15.0. The average molecular weight is 972 g/mol. The number of likely N-dealkylation sites (tertiary alicyclic amines) is 1. The lowest BCUT2D eigenvalue weighted by Gasteiger charge is -2.35. The highest BCUT2D eigenvalue weighted by molar-refractivity contribution is 7.15. The number of β-amino-alcohol motifs (C(OH)–C–C–N with tert-alkyl or cyclic N) is 1. The van der Waals surface area contributed by atoms with Gasteiger partial charge in [0.25, 0.3) is 5.91 Å². The first kappa shape index (κ1) is 48.7. The molecule has 3 amide bonds. The molecule has 3 aromatic heterocycles. The summed E-state index contributed by atoms with van der Waals surface area (Å²) in [5.74, 6) is -1.59. The van der Waals surface area contributed by atoms with Crippen molar-refractivity contribution in [3.05, 3.63) is 123 Å². The lowest BCUT2D eigenvalue weighted by molar-refractivity contribution is -0.144. The maximum absolute atomic E-state index is 14.2. The van der Waals surface area contributed by atoms with Crippen LogP contribution in [0.4, 0.5) is 11.4 Å². The van der Waals surface area contributed by atoms with Crippen LogP contribution < -0.4 is 20.7 Å². The number of benzene rings is 3. The van der Waals surface area contributed by atoms with Crippen LogP contribution in [0.3, 0.4) is 0 Å². The van der Waals surface area contributed by atoms with Crippen LogP contribution in [0.25, 0.3) is 15.4 Å². The molecule has 5 N–H and O–H groups in total. The first-order valence-electron chi connectivity index (χ1n) is 22.8. The topological polar surface area (TPSA) is 213 Å². The van der Waals surface area contributed by atoms with Crippen LogP contribution in [0.15, 0.2) is 83.3 Å². The molecule has 1 unspecified atom stereocenters. The fourth-order valence-corrected chi connectivity index (χ4v) is 10.7. The number of aliphatic carboxylic acids is 1. The summed E-state index contributed by atoms with van der Waals surface area (Å²) < 4.78 is 7.79. The number of carboxylic acid groups (broad SMARTS) is 1. The summed E-state index contributed by atoms with van der Waals surface area (Å²) in [4.78, 5) is 66.6. The van der Waals surface area contributed by atoms with Gasteiger partial charge in [0, 0.05) is 40.3 Å². The Balaban J connectivity index is 0.883. The summed E-state index contributed by atoms with van der Waals surface area (Å²) in [6, 6.07) is 19.7. The number of carbonyl (C=O) groups is 4.